The molecule has 0 radical (unpaired) electrons. The Labute approximate surface area is 144 Å². The second kappa shape index (κ2) is 5.79. The molecule has 7 heteroatoms. The molecule has 1 aliphatic rings. The fourth-order valence-electron chi connectivity index (χ4n) is 3.03. The van der Waals surface area contributed by atoms with Gasteiger partial charge in [-0.3, -0.25) is 9.48 Å². The zero-order valence-electron chi connectivity index (χ0n) is 13.1. The summed E-state index contributed by atoms with van der Waals surface area (Å²) in [4.78, 5) is 18.7. The molecule has 122 valence electrons. The second-order valence-corrected chi connectivity index (χ2v) is 6.23. The average molecular weight is 342 g/mol. The first-order valence-electron chi connectivity index (χ1n) is 7.74. The zero-order valence-corrected chi connectivity index (χ0v) is 13.9. The lowest BCUT2D eigenvalue weighted by Crippen LogP contribution is -2.33. The summed E-state index contributed by atoms with van der Waals surface area (Å²) >= 11 is 6.25. The number of amides is 1. The number of nitrogens with zero attached hydrogens (tertiary/aromatic N) is 4. The molecular formula is C17H16ClN5O. The first-order chi connectivity index (χ1) is 11.6. The molecule has 2 aromatic heterocycles. The van der Waals surface area contributed by atoms with Gasteiger partial charge in [0.15, 0.2) is 0 Å². The minimum absolute atomic E-state index is 0.0223. The van der Waals surface area contributed by atoms with Gasteiger partial charge in [0.1, 0.15) is 17.0 Å². The molecule has 1 unspecified atom stereocenters. The number of anilines is 2. The van der Waals surface area contributed by atoms with Gasteiger partial charge in [0.05, 0.1) is 11.9 Å². The van der Waals surface area contributed by atoms with Crippen LogP contribution in [0.2, 0.25) is 5.15 Å². The van der Waals surface area contributed by atoms with Gasteiger partial charge in [0.2, 0.25) is 5.91 Å². The minimum Gasteiger partial charge on any atom is -0.358 e. The van der Waals surface area contributed by atoms with E-state index in [4.69, 9.17) is 11.6 Å². The van der Waals surface area contributed by atoms with E-state index in [2.05, 4.69) is 15.4 Å². The molecule has 1 saturated heterocycles. The van der Waals surface area contributed by atoms with Gasteiger partial charge in [-0.25, -0.2) is 4.98 Å². The highest BCUT2D eigenvalue weighted by atomic mass is 35.5. The van der Waals surface area contributed by atoms with Crippen LogP contribution in [0, 0.1) is 0 Å². The van der Waals surface area contributed by atoms with Crippen LogP contribution in [0.15, 0.2) is 42.7 Å². The first kappa shape index (κ1) is 15.0. The fraction of sp³-hybridized carbons (Fsp3) is 0.235. The summed E-state index contributed by atoms with van der Waals surface area (Å²) in [6.07, 6.45) is 4.25. The van der Waals surface area contributed by atoms with Gasteiger partial charge in [-0.2, -0.15) is 5.10 Å². The monoisotopic (exact) mass is 341 g/mol. The molecule has 24 heavy (non-hydrogen) atoms. The number of hydrogen-bond donors (Lipinski definition) is 1. The van der Waals surface area contributed by atoms with Crippen LogP contribution in [0.25, 0.3) is 10.8 Å². The molecule has 4 rings (SSSR count). The van der Waals surface area contributed by atoms with Crippen molar-refractivity contribution in [3.8, 4) is 0 Å². The van der Waals surface area contributed by atoms with Crippen molar-refractivity contribution < 1.29 is 4.79 Å². The number of hydrogen-bond acceptors (Lipinski definition) is 4. The summed E-state index contributed by atoms with van der Waals surface area (Å²) in [6, 6.07) is 9.39. The summed E-state index contributed by atoms with van der Waals surface area (Å²) in [5, 5.41) is 9.67. The Morgan fingerprint density at radius 3 is 2.96 bits per heavy atom. The van der Waals surface area contributed by atoms with E-state index in [1.165, 1.54) is 0 Å². The van der Waals surface area contributed by atoms with Gasteiger partial charge >= 0.3 is 0 Å². The maximum atomic E-state index is 12.6. The van der Waals surface area contributed by atoms with Gasteiger partial charge in [0.25, 0.3) is 0 Å². The second-order valence-electron chi connectivity index (χ2n) is 5.87. The third kappa shape index (κ3) is 2.59. The molecule has 0 saturated carbocycles. The highest BCUT2D eigenvalue weighted by molar-refractivity contribution is 6.34. The summed E-state index contributed by atoms with van der Waals surface area (Å²) in [5.74, 6) is 0.638. The van der Waals surface area contributed by atoms with E-state index in [1.807, 2.05) is 43.6 Å². The van der Waals surface area contributed by atoms with Crippen molar-refractivity contribution in [2.75, 3.05) is 16.8 Å². The van der Waals surface area contributed by atoms with Crippen molar-refractivity contribution in [1.82, 2.24) is 14.8 Å². The third-order valence-electron chi connectivity index (χ3n) is 4.22. The van der Waals surface area contributed by atoms with E-state index in [1.54, 1.807) is 15.8 Å². The molecule has 0 spiro atoms. The molecule has 1 aromatic carbocycles. The van der Waals surface area contributed by atoms with Crippen LogP contribution in [0.1, 0.15) is 6.42 Å². The van der Waals surface area contributed by atoms with E-state index >= 15 is 0 Å². The van der Waals surface area contributed by atoms with Crippen LogP contribution >= 0.6 is 11.6 Å². The number of rotatable bonds is 3. The van der Waals surface area contributed by atoms with Crippen molar-refractivity contribution >= 4 is 39.8 Å². The minimum atomic E-state index is -0.310. The predicted octanol–water partition coefficient (Wildman–Crippen LogP) is 2.84. The van der Waals surface area contributed by atoms with Crippen LogP contribution in [-0.4, -0.2) is 33.3 Å². The van der Waals surface area contributed by atoms with Crippen LogP contribution in [-0.2, 0) is 11.8 Å². The molecular weight excluding hydrogens is 326 g/mol. The number of carbonyl (C=O) groups excluding carboxylic acids is 1. The van der Waals surface area contributed by atoms with E-state index in [0.29, 0.717) is 23.9 Å². The van der Waals surface area contributed by atoms with E-state index in [0.717, 1.165) is 16.5 Å². The number of halogens is 1. The zero-order chi connectivity index (χ0) is 16.7. The Morgan fingerprint density at radius 1 is 1.33 bits per heavy atom. The van der Waals surface area contributed by atoms with Gasteiger partial charge in [-0.05, 0) is 17.9 Å². The summed E-state index contributed by atoms with van der Waals surface area (Å²) in [6.45, 7) is 0.656. The normalized spacial score (nSPS) is 17.7. The van der Waals surface area contributed by atoms with Gasteiger partial charge in [-0.1, -0.05) is 35.9 Å². The van der Waals surface area contributed by atoms with Gasteiger partial charge < -0.3 is 10.2 Å². The molecule has 0 aliphatic carbocycles. The topological polar surface area (TPSA) is 63.1 Å². The number of pyridine rings is 1. The third-order valence-corrected chi connectivity index (χ3v) is 4.51. The molecule has 1 fully saturated rings. The Kier molecular flexibility index (Phi) is 3.61. The summed E-state index contributed by atoms with van der Waals surface area (Å²) in [7, 11) is 1.83. The van der Waals surface area contributed by atoms with Crippen LogP contribution in [0.4, 0.5) is 11.5 Å². The molecule has 6 nitrogen and oxygen atoms in total. The Balaban J connectivity index is 1.57. The highest BCUT2D eigenvalue weighted by Gasteiger charge is 2.33. The smallest absolute Gasteiger partial charge is 0.249 e. The van der Waals surface area contributed by atoms with Crippen molar-refractivity contribution in [2.45, 2.75) is 12.5 Å². The summed E-state index contributed by atoms with van der Waals surface area (Å²) in [5.41, 5.74) is 0.816. The lowest BCUT2D eigenvalue weighted by atomic mass is 10.1. The molecule has 1 aliphatic heterocycles. The number of aryl methyl sites for hydroxylation is 1. The Bertz CT molecular complexity index is 922. The SMILES string of the molecule is Cn1cc(N2CCC(Nc3cc4ccccc4c(Cl)n3)C2=O)cn1. The van der Waals surface area contributed by atoms with E-state index < -0.39 is 0 Å². The largest absolute Gasteiger partial charge is 0.358 e. The molecule has 0 bridgehead atoms. The van der Waals surface area contributed by atoms with Gasteiger partial charge in [0, 0.05) is 25.2 Å². The standard InChI is InChI=1S/C17H16ClN5O/c1-22-10-12(9-19-22)23-7-6-14(17(23)24)20-15-8-11-4-2-3-5-13(11)16(18)21-15/h2-5,8-10,14H,6-7H2,1H3,(H,20,21). The predicted molar refractivity (Wildman–Crippen MR) is 94.3 cm³/mol. The van der Waals surface area contributed by atoms with Crippen LogP contribution in [0.5, 0.6) is 0 Å². The molecule has 3 heterocycles. The van der Waals surface area contributed by atoms with Crippen molar-refractivity contribution in [3.63, 3.8) is 0 Å². The van der Waals surface area contributed by atoms with Crippen LogP contribution in [0.3, 0.4) is 0 Å². The first-order valence-corrected chi connectivity index (χ1v) is 8.11. The van der Waals surface area contributed by atoms with E-state index in [-0.39, 0.29) is 11.9 Å². The summed E-state index contributed by atoms with van der Waals surface area (Å²) < 4.78 is 1.69. The number of fused-ring (bicyclic) bond motifs is 1. The maximum Gasteiger partial charge on any atom is 0.249 e. The molecule has 1 N–H and O–H groups in total. The van der Waals surface area contributed by atoms with Crippen molar-refractivity contribution in [2.24, 2.45) is 7.05 Å². The van der Waals surface area contributed by atoms with Crippen molar-refractivity contribution in [1.29, 1.82) is 0 Å². The molecule has 1 amide bonds. The maximum absolute atomic E-state index is 12.6. The van der Waals surface area contributed by atoms with Crippen LogP contribution < -0.4 is 10.2 Å². The number of benzene rings is 1. The number of nitrogens with one attached hydrogen (secondary N) is 1. The van der Waals surface area contributed by atoms with Gasteiger partial charge in [-0.15, -0.1) is 0 Å². The molecule has 1 atom stereocenters. The lowest BCUT2D eigenvalue weighted by Gasteiger charge is -2.16. The fourth-order valence-corrected chi connectivity index (χ4v) is 3.29. The number of aromatic nitrogens is 3. The number of carbonyl (C=O) groups is 1. The Hall–Kier alpha value is -2.60. The van der Waals surface area contributed by atoms with E-state index in [9.17, 15) is 4.79 Å². The highest BCUT2D eigenvalue weighted by Crippen LogP contribution is 2.27. The quantitative estimate of drug-likeness (QED) is 0.744. The average Bonchev–Trinajstić information content (AvgIpc) is 3.14. The lowest BCUT2D eigenvalue weighted by molar-refractivity contribution is -0.117. The van der Waals surface area contributed by atoms with Crippen molar-refractivity contribution in [3.05, 3.63) is 47.9 Å². The Morgan fingerprint density at radius 2 is 2.17 bits per heavy atom. The molecule has 3 aromatic rings.